The van der Waals surface area contributed by atoms with Crippen molar-refractivity contribution in [3.05, 3.63) is 65.2 Å². The Labute approximate surface area is 151 Å². The van der Waals surface area contributed by atoms with Gasteiger partial charge in [0.25, 0.3) is 0 Å². The van der Waals surface area contributed by atoms with Gasteiger partial charge >= 0.3 is 0 Å². The van der Waals surface area contributed by atoms with Gasteiger partial charge in [0.2, 0.25) is 5.91 Å². The van der Waals surface area contributed by atoms with E-state index in [1.807, 2.05) is 30.3 Å². The van der Waals surface area contributed by atoms with Crippen LogP contribution in [0.25, 0.3) is 0 Å². The summed E-state index contributed by atoms with van der Waals surface area (Å²) in [4.78, 5) is 14.5. The summed E-state index contributed by atoms with van der Waals surface area (Å²) in [5, 5.41) is 9.18. The number of aromatic hydroxyl groups is 1. The normalized spacial score (nSPS) is 18.1. The molecule has 4 nitrogen and oxygen atoms in total. The molecule has 6 heteroatoms. The lowest BCUT2D eigenvalue weighted by atomic mass is 9.98. The molecule has 2 atom stereocenters. The van der Waals surface area contributed by atoms with Gasteiger partial charge < -0.3 is 14.7 Å². The lowest BCUT2D eigenvalue weighted by molar-refractivity contribution is -0.137. The molecule has 1 fully saturated rings. The second-order valence-electron chi connectivity index (χ2n) is 6.66. The molecule has 0 spiro atoms. The van der Waals surface area contributed by atoms with Gasteiger partial charge in [-0.3, -0.25) is 4.79 Å². The molecule has 0 radical (unpaired) electrons. The molecule has 1 N–H and O–H groups in total. The molecule has 2 aromatic carbocycles. The zero-order chi connectivity index (χ0) is 18.7. The number of halogens is 2. The van der Waals surface area contributed by atoms with Crippen molar-refractivity contribution < 1.29 is 23.4 Å². The van der Waals surface area contributed by atoms with Crippen molar-refractivity contribution >= 4 is 5.91 Å². The van der Waals surface area contributed by atoms with Crippen molar-refractivity contribution in [2.45, 2.75) is 25.8 Å². The van der Waals surface area contributed by atoms with Crippen LogP contribution in [0.5, 0.6) is 5.75 Å². The van der Waals surface area contributed by atoms with Crippen molar-refractivity contribution in [2.75, 3.05) is 13.3 Å². The average molecular weight is 361 g/mol. The van der Waals surface area contributed by atoms with Crippen molar-refractivity contribution in [3.63, 3.8) is 0 Å². The van der Waals surface area contributed by atoms with E-state index in [4.69, 9.17) is 4.74 Å². The van der Waals surface area contributed by atoms with Crippen LogP contribution in [0.2, 0.25) is 0 Å². The highest BCUT2D eigenvalue weighted by Crippen LogP contribution is 2.24. The molecule has 138 valence electrons. The fraction of sp³-hybridized carbons (Fsp3) is 0.350. The molecule has 1 heterocycles. The van der Waals surface area contributed by atoms with Gasteiger partial charge in [-0.2, -0.15) is 0 Å². The van der Waals surface area contributed by atoms with Crippen LogP contribution in [0.1, 0.15) is 18.1 Å². The minimum absolute atomic E-state index is 0.0550. The van der Waals surface area contributed by atoms with Crippen LogP contribution in [-0.4, -0.2) is 35.3 Å². The summed E-state index contributed by atoms with van der Waals surface area (Å²) in [6, 6.07) is 11.9. The third kappa shape index (κ3) is 4.02. The van der Waals surface area contributed by atoms with Gasteiger partial charge in [-0.25, -0.2) is 8.78 Å². The van der Waals surface area contributed by atoms with E-state index in [2.05, 4.69) is 0 Å². The van der Waals surface area contributed by atoms with Crippen LogP contribution in [0.15, 0.2) is 42.5 Å². The third-order valence-corrected chi connectivity index (χ3v) is 4.62. The zero-order valence-corrected chi connectivity index (χ0v) is 14.5. The first-order valence-corrected chi connectivity index (χ1v) is 8.54. The van der Waals surface area contributed by atoms with E-state index in [0.717, 1.165) is 17.7 Å². The fourth-order valence-corrected chi connectivity index (χ4v) is 3.24. The van der Waals surface area contributed by atoms with Gasteiger partial charge in [0, 0.05) is 5.92 Å². The fourth-order valence-electron chi connectivity index (χ4n) is 3.24. The standard InChI is InChI=1S/C20H21F2NO3/c1-13(7-15-9-17(21)19(24)18(22)10-15)20(25)23-12-26-11-16(23)8-14-5-3-2-4-6-14/h2-6,9-10,13,16,24H,7-8,11-12H2,1H3/t13-,16-/m1/s1. The summed E-state index contributed by atoms with van der Waals surface area (Å²) in [6.07, 6.45) is 0.878. The molecular formula is C20H21F2NO3. The zero-order valence-electron chi connectivity index (χ0n) is 14.5. The van der Waals surface area contributed by atoms with Crippen molar-refractivity contribution in [1.82, 2.24) is 4.90 Å². The average Bonchev–Trinajstić information content (AvgIpc) is 3.07. The maximum Gasteiger partial charge on any atom is 0.227 e. The molecule has 3 rings (SSSR count). The number of carbonyl (C=O) groups is 1. The second kappa shape index (κ2) is 7.83. The molecule has 1 aliphatic heterocycles. The molecule has 2 aromatic rings. The van der Waals surface area contributed by atoms with Gasteiger partial charge in [-0.05, 0) is 36.1 Å². The molecule has 26 heavy (non-hydrogen) atoms. The van der Waals surface area contributed by atoms with Gasteiger partial charge in [-0.1, -0.05) is 37.3 Å². The Morgan fingerprint density at radius 1 is 1.23 bits per heavy atom. The summed E-state index contributed by atoms with van der Waals surface area (Å²) in [5.41, 5.74) is 1.45. The highest BCUT2D eigenvalue weighted by molar-refractivity contribution is 5.79. The highest BCUT2D eigenvalue weighted by Gasteiger charge is 2.32. The Kier molecular flexibility index (Phi) is 5.52. The second-order valence-corrected chi connectivity index (χ2v) is 6.66. The van der Waals surface area contributed by atoms with E-state index in [-0.39, 0.29) is 25.1 Å². The van der Waals surface area contributed by atoms with Gasteiger partial charge in [0.05, 0.1) is 12.6 Å². The molecule has 0 aromatic heterocycles. The van der Waals surface area contributed by atoms with Crippen LogP contribution >= 0.6 is 0 Å². The van der Waals surface area contributed by atoms with Gasteiger partial charge in [0.1, 0.15) is 6.73 Å². The first-order valence-electron chi connectivity index (χ1n) is 8.54. The number of ether oxygens (including phenoxy) is 1. The van der Waals surface area contributed by atoms with Gasteiger partial charge in [0.15, 0.2) is 17.4 Å². The van der Waals surface area contributed by atoms with Crippen molar-refractivity contribution in [3.8, 4) is 5.75 Å². The molecule has 1 aliphatic rings. The highest BCUT2D eigenvalue weighted by atomic mass is 19.1. The number of hydrogen-bond donors (Lipinski definition) is 1. The van der Waals surface area contributed by atoms with Crippen LogP contribution in [0, 0.1) is 17.6 Å². The van der Waals surface area contributed by atoms with Gasteiger partial charge in [-0.15, -0.1) is 0 Å². The van der Waals surface area contributed by atoms with Crippen LogP contribution in [-0.2, 0) is 22.4 Å². The minimum atomic E-state index is -1.02. The van der Waals surface area contributed by atoms with E-state index >= 15 is 0 Å². The predicted molar refractivity (Wildman–Crippen MR) is 92.5 cm³/mol. The molecule has 1 amide bonds. The summed E-state index contributed by atoms with van der Waals surface area (Å²) < 4.78 is 32.5. The summed E-state index contributed by atoms with van der Waals surface area (Å²) in [6.45, 7) is 2.41. The SMILES string of the molecule is C[C@H](Cc1cc(F)c(O)c(F)c1)C(=O)N1COC[C@H]1Cc1ccccc1. The molecule has 0 aliphatic carbocycles. The number of amides is 1. The molecule has 0 unspecified atom stereocenters. The van der Waals surface area contributed by atoms with Crippen LogP contribution < -0.4 is 0 Å². The Hall–Kier alpha value is -2.47. The van der Waals surface area contributed by atoms with E-state index in [1.165, 1.54) is 0 Å². The predicted octanol–water partition coefficient (Wildman–Crippen LogP) is 3.28. The lowest BCUT2D eigenvalue weighted by Gasteiger charge is -2.26. The Morgan fingerprint density at radius 2 is 1.88 bits per heavy atom. The molecule has 0 bridgehead atoms. The number of phenols is 1. The smallest absolute Gasteiger partial charge is 0.227 e. The van der Waals surface area contributed by atoms with E-state index < -0.39 is 23.3 Å². The first-order chi connectivity index (χ1) is 12.5. The number of nitrogens with zero attached hydrogens (tertiary/aromatic N) is 1. The Balaban J connectivity index is 1.67. The topological polar surface area (TPSA) is 49.8 Å². The van der Waals surface area contributed by atoms with Crippen molar-refractivity contribution in [2.24, 2.45) is 5.92 Å². The van der Waals surface area contributed by atoms with Crippen molar-refractivity contribution in [1.29, 1.82) is 0 Å². The largest absolute Gasteiger partial charge is 0.503 e. The maximum atomic E-state index is 13.5. The van der Waals surface area contributed by atoms with E-state index in [0.29, 0.717) is 18.6 Å². The summed E-state index contributed by atoms with van der Waals surface area (Å²) >= 11 is 0. The maximum absolute atomic E-state index is 13.5. The van der Waals surface area contributed by atoms with E-state index in [9.17, 15) is 18.7 Å². The minimum Gasteiger partial charge on any atom is -0.503 e. The number of phenolic OH excluding ortho intramolecular Hbond substituents is 1. The number of benzene rings is 2. The summed E-state index contributed by atoms with van der Waals surface area (Å²) in [7, 11) is 0. The monoisotopic (exact) mass is 361 g/mol. The number of hydrogen-bond acceptors (Lipinski definition) is 3. The Morgan fingerprint density at radius 3 is 2.54 bits per heavy atom. The number of rotatable bonds is 5. The number of carbonyl (C=O) groups excluding carboxylic acids is 1. The summed E-state index contributed by atoms with van der Waals surface area (Å²) in [5.74, 6) is -3.61. The van der Waals surface area contributed by atoms with Crippen LogP contribution in [0.3, 0.4) is 0 Å². The third-order valence-electron chi connectivity index (χ3n) is 4.62. The Bertz CT molecular complexity index is 759. The quantitative estimate of drug-likeness (QED) is 0.889. The van der Waals surface area contributed by atoms with Crippen LogP contribution in [0.4, 0.5) is 8.78 Å². The first kappa shape index (κ1) is 18.3. The molecule has 1 saturated heterocycles. The molecule has 0 saturated carbocycles. The van der Waals surface area contributed by atoms with E-state index in [1.54, 1.807) is 11.8 Å². The lowest BCUT2D eigenvalue weighted by Crippen LogP contribution is -2.41. The molecular weight excluding hydrogens is 340 g/mol.